The Morgan fingerprint density at radius 2 is 2.23 bits per heavy atom. The van der Waals surface area contributed by atoms with Gasteiger partial charge >= 0.3 is 5.97 Å². The molecule has 0 atom stereocenters. The summed E-state index contributed by atoms with van der Waals surface area (Å²) in [7, 11) is 1.33. The van der Waals surface area contributed by atoms with Crippen molar-refractivity contribution in [3.8, 4) is 0 Å². The zero-order valence-electron chi connectivity index (χ0n) is 7.52. The monoisotopic (exact) mass is 178 g/mol. The molecule has 0 aliphatic carbocycles. The van der Waals surface area contributed by atoms with Crippen molar-refractivity contribution in [2.45, 2.75) is 6.92 Å². The number of carbonyl (C=O) groups is 1. The standard InChI is InChI=1S/C9H10N2O2/c1-7-5-11-8(6-10-7)3-4-9(12)13-2/h3-6H,1-2H3/b4-3+. The first-order valence-electron chi connectivity index (χ1n) is 3.77. The van der Waals surface area contributed by atoms with E-state index in [-0.39, 0.29) is 0 Å². The summed E-state index contributed by atoms with van der Waals surface area (Å²) in [4.78, 5) is 18.7. The van der Waals surface area contributed by atoms with E-state index in [1.165, 1.54) is 13.2 Å². The normalized spacial score (nSPS) is 10.3. The minimum absolute atomic E-state index is 0.401. The van der Waals surface area contributed by atoms with Gasteiger partial charge in [0.1, 0.15) is 0 Å². The lowest BCUT2D eigenvalue weighted by molar-refractivity contribution is -0.134. The van der Waals surface area contributed by atoms with E-state index in [1.54, 1.807) is 18.5 Å². The van der Waals surface area contributed by atoms with E-state index >= 15 is 0 Å². The summed E-state index contributed by atoms with van der Waals surface area (Å²) in [5, 5.41) is 0. The molecule has 0 aromatic carbocycles. The largest absolute Gasteiger partial charge is 0.466 e. The average Bonchev–Trinajstić information content (AvgIpc) is 2.16. The molecule has 0 N–H and O–H groups in total. The van der Waals surface area contributed by atoms with Crippen LogP contribution in [0.5, 0.6) is 0 Å². The Morgan fingerprint density at radius 3 is 2.77 bits per heavy atom. The first-order chi connectivity index (χ1) is 6.22. The molecule has 4 nitrogen and oxygen atoms in total. The number of hydrogen-bond donors (Lipinski definition) is 0. The summed E-state index contributed by atoms with van der Waals surface area (Å²) in [6.07, 6.45) is 6.09. The molecule has 0 radical (unpaired) electrons. The van der Waals surface area contributed by atoms with Crippen LogP contribution in [0.4, 0.5) is 0 Å². The van der Waals surface area contributed by atoms with Crippen LogP contribution < -0.4 is 0 Å². The Hall–Kier alpha value is -1.71. The second-order valence-corrected chi connectivity index (χ2v) is 2.44. The third kappa shape index (κ3) is 3.02. The predicted molar refractivity (Wildman–Crippen MR) is 47.8 cm³/mol. The molecule has 0 spiro atoms. The number of aromatic nitrogens is 2. The average molecular weight is 178 g/mol. The molecule has 1 rings (SSSR count). The van der Waals surface area contributed by atoms with Gasteiger partial charge in [-0.1, -0.05) is 0 Å². The van der Waals surface area contributed by atoms with Gasteiger partial charge in [0.25, 0.3) is 0 Å². The maximum absolute atomic E-state index is 10.7. The fourth-order valence-corrected chi connectivity index (χ4v) is 0.710. The molecule has 0 aliphatic heterocycles. The summed E-state index contributed by atoms with van der Waals surface area (Å²) in [6, 6.07) is 0. The Kier molecular flexibility index (Phi) is 3.14. The highest BCUT2D eigenvalue weighted by Crippen LogP contribution is 1.96. The van der Waals surface area contributed by atoms with Gasteiger partial charge in [0.15, 0.2) is 0 Å². The Bertz CT molecular complexity index is 317. The van der Waals surface area contributed by atoms with Gasteiger partial charge in [0.2, 0.25) is 0 Å². The molecule has 0 aliphatic rings. The third-order valence-corrected chi connectivity index (χ3v) is 1.39. The van der Waals surface area contributed by atoms with Crippen molar-refractivity contribution in [1.82, 2.24) is 9.97 Å². The lowest BCUT2D eigenvalue weighted by Gasteiger charge is -1.92. The number of carbonyl (C=O) groups excluding carboxylic acids is 1. The minimum atomic E-state index is -0.401. The molecule has 0 saturated carbocycles. The molecule has 68 valence electrons. The third-order valence-electron chi connectivity index (χ3n) is 1.39. The highest BCUT2D eigenvalue weighted by molar-refractivity contribution is 5.86. The molecule has 1 heterocycles. The Morgan fingerprint density at radius 1 is 1.46 bits per heavy atom. The number of hydrogen-bond acceptors (Lipinski definition) is 4. The second-order valence-electron chi connectivity index (χ2n) is 2.44. The molecule has 1 aromatic rings. The van der Waals surface area contributed by atoms with Crippen molar-refractivity contribution in [1.29, 1.82) is 0 Å². The summed E-state index contributed by atoms with van der Waals surface area (Å²) in [5.74, 6) is -0.401. The maximum Gasteiger partial charge on any atom is 0.330 e. The maximum atomic E-state index is 10.7. The zero-order valence-corrected chi connectivity index (χ0v) is 7.52. The van der Waals surface area contributed by atoms with Crippen LogP contribution >= 0.6 is 0 Å². The van der Waals surface area contributed by atoms with Crippen LogP contribution in [-0.2, 0) is 9.53 Å². The van der Waals surface area contributed by atoms with Crippen LogP contribution in [-0.4, -0.2) is 23.0 Å². The summed E-state index contributed by atoms with van der Waals surface area (Å²) < 4.78 is 4.42. The number of aryl methyl sites for hydroxylation is 1. The number of methoxy groups -OCH3 is 1. The van der Waals surface area contributed by atoms with Crippen LogP contribution in [0, 0.1) is 6.92 Å². The van der Waals surface area contributed by atoms with E-state index in [9.17, 15) is 4.79 Å². The van der Waals surface area contributed by atoms with Crippen molar-refractivity contribution in [2.75, 3.05) is 7.11 Å². The second kappa shape index (κ2) is 4.35. The van der Waals surface area contributed by atoms with Gasteiger partial charge in [-0.25, -0.2) is 4.79 Å². The predicted octanol–water partition coefficient (Wildman–Crippen LogP) is 0.971. The lowest BCUT2D eigenvalue weighted by Crippen LogP contribution is -1.94. The Labute approximate surface area is 76.3 Å². The van der Waals surface area contributed by atoms with Gasteiger partial charge in [-0.2, -0.15) is 0 Å². The lowest BCUT2D eigenvalue weighted by atomic mass is 10.4. The molecule has 0 saturated heterocycles. The summed E-state index contributed by atoms with van der Waals surface area (Å²) >= 11 is 0. The first kappa shape index (κ1) is 9.38. The number of ether oxygens (including phenoxy) is 1. The fraction of sp³-hybridized carbons (Fsp3) is 0.222. The van der Waals surface area contributed by atoms with Crippen LogP contribution in [0.3, 0.4) is 0 Å². The molecule has 0 amide bonds. The Balaban J connectivity index is 2.69. The van der Waals surface area contributed by atoms with Crippen molar-refractivity contribution < 1.29 is 9.53 Å². The van der Waals surface area contributed by atoms with Gasteiger partial charge in [0, 0.05) is 12.3 Å². The van der Waals surface area contributed by atoms with Crippen molar-refractivity contribution in [3.63, 3.8) is 0 Å². The molecule has 0 bridgehead atoms. The zero-order chi connectivity index (χ0) is 9.68. The van der Waals surface area contributed by atoms with E-state index in [0.29, 0.717) is 5.69 Å². The summed E-state index contributed by atoms with van der Waals surface area (Å²) in [5.41, 5.74) is 1.48. The highest BCUT2D eigenvalue weighted by atomic mass is 16.5. The van der Waals surface area contributed by atoms with Crippen LogP contribution in [0.15, 0.2) is 18.5 Å². The van der Waals surface area contributed by atoms with E-state index in [4.69, 9.17) is 0 Å². The smallest absolute Gasteiger partial charge is 0.330 e. The van der Waals surface area contributed by atoms with E-state index < -0.39 is 5.97 Å². The van der Waals surface area contributed by atoms with E-state index in [2.05, 4.69) is 14.7 Å². The van der Waals surface area contributed by atoms with Gasteiger partial charge in [0.05, 0.1) is 24.7 Å². The molecule has 0 fully saturated rings. The molecule has 4 heteroatoms. The van der Waals surface area contributed by atoms with Crippen LogP contribution in [0.1, 0.15) is 11.4 Å². The van der Waals surface area contributed by atoms with Gasteiger partial charge in [-0.05, 0) is 13.0 Å². The SMILES string of the molecule is COC(=O)/C=C/c1cnc(C)cn1. The molecule has 0 unspecified atom stereocenters. The number of esters is 1. The van der Waals surface area contributed by atoms with E-state index in [1.807, 2.05) is 6.92 Å². The van der Waals surface area contributed by atoms with Crippen LogP contribution in [0.2, 0.25) is 0 Å². The molecular weight excluding hydrogens is 168 g/mol. The van der Waals surface area contributed by atoms with Crippen molar-refractivity contribution in [3.05, 3.63) is 29.9 Å². The van der Waals surface area contributed by atoms with Gasteiger partial charge < -0.3 is 4.74 Å². The van der Waals surface area contributed by atoms with Gasteiger partial charge in [-0.3, -0.25) is 9.97 Å². The van der Waals surface area contributed by atoms with Crippen LogP contribution in [0.25, 0.3) is 6.08 Å². The minimum Gasteiger partial charge on any atom is -0.466 e. The molecular formula is C9H10N2O2. The molecule has 1 aromatic heterocycles. The quantitative estimate of drug-likeness (QED) is 0.500. The van der Waals surface area contributed by atoms with E-state index in [0.717, 1.165) is 5.69 Å². The molecule has 13 heavy (non-hydrogen) atoms. The van der Waals surface area contributed by atoms with Gasteiger partial charge in [-0.15, -0.1) is 0 Å². The highest BCUT2D eigenvalue weighted by Gasteiger charge is 1.92. The first-order valence-corrected chi connectivity index (χ1v) is 3.77. The number of rotatable bonds is 2. The van der Waals surface area contributed by atoms with Crippen molar-refractivity contribution in [2.24, 2.45) is 0 Å². The number of nitrogens with zero attached hydrogens (tertiary/aromatic N) is 2. The summed E-state index contributed by atoms with van der Waals surface area (Å²) in [6.45, 7) is 1.85. The van der Waals surface area contributed by atoms with Crippen molar-refractivity contribution >= 4 is 12.0 Å². The fourth-order valence-electron chi connectivity index (χ4n) is 0.710. The topological polar surface area (TPSA) is 52.1 Å².